The summed E-state index contributed by atoms with van der Waals surface area (Å²) in [6.07, 6.45) is 0. The molecule has 11 rings (SSSR count). The average molecular weight is 678 g/mol. The molecule has 0 atom stereocenters. The first-order valence-corrected chi connectivity index (χ1v) is 18.4. The molecular weight excluding hydrogens is 643 g/mol. The van der Waals surface area contributed by atoms with Gasteiger partial charge in [0.2, 0.25) is 0 Å². The molecule has 0 radical (unpaired) electrons. The van der Waals surface area contributed by atoms with Gasteiger partial charge in [0.05, 0.1) is 5.69 Å². The summed E-state index contributed by atoms with van der Waals surface area (Å²) >= 11 is 0. The Bertz CT molecular complexity index is 3110. The van der Waals surface area contributed by atoms with E-state index < -0.39 is 0 Å². The minimum Gasteiger partial charge on any atom is -0.456 e. The first kappa shape index (κ1) is 30.0. The van der Waals surface area contributed by atoms with Gasteiger partial charge in [0.1, 0.15) is 11.2 Å². The van der Waals surface area contributed by atoms with E-state index in [0.29, 0.717) is 0 Å². The van der Waals surface area contributed by atoms with Crippen LogP contribution in [0, 0.1) is 0 Å². The zero-order valence-electron chi connectivity index (χ0n) is 29.6. The largest absolute Gasteiger partial charge is 0.456 e. The van der Waals surface area contributed by atoms with Gasteiger partial charge in [0.25, 0.3) is 0 Å². The maximum atomic E-state index is 6.51. The Kier molecular flexibility index (Phi) is 6.33. The molecule has 10 aromatic rings. The molecule has 1 aliphatic carbocycles. The molecule has 0 bridgehead atoms. The molecule has 0 saturated heterocycles. The number of hydrogen-bond acceptors (Lipinski definition) is 2. The van der Waals surface area contributed by atoms with Gasteiger partial charge in [0, 0.05) is 39.2 Å². The zero-order chi connectivity index (χ0) is 35.3. The number of para-hydroxylation sites is 1. The summed E-state index contributed by atoms with van der Waals surface area (Å²) in [5.41, 5.74) is 12.6. The van der Waals surface area contributed by atoms with Crippen LogP contribution in [0.4, 0.5) is 17.1 Å². The molecule has 1 heterocycles. The van der Waals surface area contributed by atoms with Crippen molar-refractivity contribution in [1.82, 2.24) is 0 Å². The number of anilines is 3. The van der Waals surface area contributed by atoms with E-state index in [2.05, 4.69) is 189 Å². The average Bonchev–Trinajstić information content (AvgIpc) is 3.67. The summed E-state index contributed by atoms with van der Waals surface area (Å²) in [5, 5.41) is 9.66. The van der Waals surface area contributed by atoms with E-state index in [0.717, 1.165) is 39.0 Å². The van der Waals surface area contributed by atoms with Crippen LogP contribution in [0.25, 0.3) is 76.5 Å². The lowest BCUT2D eigenvalue weighted by atomic mass is 9.82. The van der Waals surface area contributed by atoms with E-state index in [9.17, 15) is 0 Å². The third kappa shape index (κ3) is 4.59. The van der Waals surface area contributed by atoms with Crippen LogP contribution in [-0.2, 0) is 5.41 Å². The van der Waals surface area contributed by atoms with Crippen LogP contribution in [0.2, 0.25) is 0 Å². The Morgan fingerprint density at radius 2 is 0.962 bits per heavy atom. The minimum absolute atomic E-state index is 0.121. The summed E-state index contributed by atoms with van der Waals surface area (Å²) < 4.78 is 6.51. The lowest BCUT2D eigenvalue weighted by molar-refractivity contribution is 0.661. The van der Waals surface area contributed by atoms with Gasteiger partial charge in [0.15, 0.2) is 0 Å². The van der Waals surface area contributed by atoms with Crippen LogP contribution < -0.4 is 4.90 Å². The van der Waals surface area contributed by atoms with Crippen LogP contribution in [0.3, 0.4) is 0 Å². The first-order chi connectivity index (χ1) is 26.0. The van der Waals surface area contributed by atoms with Gasteiger partial charge in [-0.25, -0.2) is 0 Å². The molecule has 53 heavy (non-hydrogen) atoms. The fraction of sp³-hybridized carbons (Fsp3) is 0.0588. The highest BCUT2D eigenvalue weighted by atomic mass is 16.3. The van der Waals surface area contributed by atoms with Gasteiger partial charge in [-0.15, -0.1) is 0 Å². The second kappa shape index (κ2) is 11.2. The normalized spacial score (nSPS) is 13.2. The van der Waals surface area contributed by atoms with E-state index in [1.807, 2.05) is 6.07 Å². The number of rotatable bonds is 4. The highest BCUT2D eigenvalue weighted by Crippen LogP contribution is 2.53. The maximum absolute atomic E-state index is 6.51. The maximum Gasteiger partial charge on any atom is 0.137 e. The molecule has 2 heteroatoms. The van der Waals surface area contributed by atoms with Gasteiger partial charge >= 0.3 is 0 Å². The van der Waals surface area contributed by atoms with Crippen molar-refractivity contribution in [2.75, 3.05) is 4.90 Å². The first-order valence-electron chi connectivity index (χ1n) is 18.4. The zero-order valence-corrected chi connectivity index (χ0v) is 29.6. The molecule has 0 amide bonds. The molecule has 1 aromatic heterocycles. The number of nitrogens with zero attached hydrogens (tertiary/aromatic N) is 1. The summed E-state index contributed by atoms with van der Waals surface area (Å²) in [4.78, 5) is 2.44. The third-order valence-electron chi connectivity index (χ3n) is 11.6. The Balaban J connectivity index is 1.20. The molecule has 2 nitrogen and oxygen atoms in total. The Morgan fingerprint density at radius 1 is 0.396 bits per heavy atom. The second-order valence-electron chi connectivity index (χ2n) is 15.0. The van der Waals surface area contributed by atoms with E-state index in [1.54, 1.807) is 0 Å². The van der Waals surface area contributed by atoms with Gasteiger partial charge in [-0.1, -0.05) is 123 Å². The Labute approximate surface area is 308 Å². The highest BCUT2D eigenvalue weighted by Gasteiger charge is 2.36. The van der Waals surface area contributed by atoms with Gasteiger partial charge < -0.3 is 9.32 Å². The van der Waals surface area contributed by atoms with Crippen molar-refractivity contribution in [1.29, 1.82) is 0 Å². The van der Waals surface area contributed by atoms with Crippen molar-refractivity contribution in [3.8, 4) is 22.3 Å². The Morgan fingerprint density at radius 3 is 1.74 bits per heavy atom. The second-order valence-corrected chi connectivity index (χ2v) is 15.0. The smallest absolute Gasteiger partial charge is 0.137 e. The van der Waals surface area contributed by atoms with Gasteiger partial charge in [-0.05, 0) is 121 Å². The third-order valence-corrected chi connectivity index (χ3v) is 11.6. The molecule has 9 aromatic carbocycles. The van der Waals surface area contributed by atoms with Crippen molar-refractivity contribution in [3.05, 3.63) is 187 Å². The quantitative estimate of drug-likeness (QED) is 0.184. The number of hydrogen-bond donors (Lipinski definition) is 0. The van der Waals surface area contributed by atoms with Crippen molar-refractivity contribution in [3.63, 3.8) is 0 Å². The molecule has 1 aliphatic rings. The fourth-order valence-corrected chi connectivity index (χ4v) is 8.85. The van der Waals surface area contributed by atoms with Crippen molar-refractivity contribution >= 4 is 71.3 Å². The van der Waals surface area contributed by atoms with E-state index >= 15 is 0 Å². The molecule has 0 saturated carbocycles. The number of fused-ring (bicyclic) bond motifs is 9. The molecule has 0 spiro atoms. The van der Waals surface area contributed by atoms with Crippen molar-refractivity contribution < 1.29 is 4.42 Å². The minimum atomic E-state index is -0.121. The summed E-state index contributed by atoms with van der Waals surface area (Å²) in [5.74, 6) is 0. The van der Waals surface area contributed by atoms with E-state index in [1.165, 1.54) is 65.7 Å². The van der Waals surface area contributed by atoms with E-state index in [-0.39, 0.29) is 5.41 Å². The molecule has 0 N–H and O–H groups in total. The van der Waals surface area contributed by atoms with E-state index in [4.69, 9.17) is 4.42 Å². The SMILES string of the molecule is CC1(C)c2ccc(N(c3ccc4c(c3)oc3ccccc34)c3cc4ccccc4cc3-c3ccc4ccccc4c3)cc2-c2cc3ccccc3cc21. The number of furan rings is 1. The number of benzene rings is 9. The van der Waals surface area contributed by atoms with Crippen LogP contribution in [-0.4, -0.2) is 0 Å². The summed E-state index contributed by atoms with van der Waals surface area (Å²) in [6, 6.07) is 64.5. The molecule has 0 unspecified atom stereocenters. The van der Waals surface area contributed by atoms with Crippen LogP contribution in [0.15, 0.2) is 180 Å². The lowest BCUT2D eigenvalue weighted by Gasteiger charge is -2.29. The topological polar surface area (TPSA) is 16.4 Å². The Hall–Kier alpha value is -6.64. The summed E-state index contributed by atoms with van der Waals surface area (Å²) in [7, 11) is 0. The predicted octanol–water partition coefficient (Wildman–Crippen LogP) is 14.5. The molecule has 0 fully saturated rings. The van der Waals surface area contributed by atoms with Crippen molar-refractivity contribution in [2.45, 2.75) is 19.3 Å². The van der Waals surface area contributed by atoms with Crippen LogP contribution in [0.1, 0.15) is 25.0 Å². The van der Waals surface area contributed by atoms with Crippen LogP contribution >= 0.6 is 0 Å². The standard InChI is InChI=1S/C51H35NO/c1-51(2)46-24-22-39(30-45(46)44-27-35-14-5-7-15-36(35)28-47(44)51)52(40-21-23-42-41-17-9-10-18-49(41)53-50(42)31-40)48-29-37-16-8-6-13-34(37)26-43(48)38-20-19-32-11-3-4-12-33(32)25-38/h3-31H,1-2H3. The van der Waals surface area contributed by atoms with Crippen LogP contribution in [0.5, 0.6) is 0 Å². The molecule has 0 aliphatic heterocycles. The predicted molar refractivity (Wildman–Crippen MR) is 224 cm³/mol. The molecule has 250 valence electrons. The lowest BCUT2D eigenvalue weighted by Crippen LogP contribution is -2.15. The van der Waals surface area contributed by atoms with Gasteiger partial charge in [-0.3, -0.25) is 0 Å². The highest BCUT2D eigenvalue weighted by molar-refractivity contribution is 6.07. The molecular formula is C51H35NO. The summed E-state index contributed by atoms with van der Waals surface area (Å²) in [6.45, 7) is 4.72. The monoisotopic (exact) mass is 677 g/mol. The van der Waals surface area contributed by atoms with Crippen molar-refractivity contribution in [2.24, 2.45) is 0 Å². The van der Waals surface area contributed by atoms with Gasteiger partial charge in [-0.2, -0.15) is 0 Å². The fourth-order valence-electron chi connectivity index (χ4n) is 8.85.